The number of nitrogens with one attached hydrogen (secondary N) is 1. The monoisotopic (exact) mass is 286 g/mol. The van der Waals surface area contributed by atoms with Gasteiger partial charge in [0.25, 0.3) is 0 Å². The predicted molar refractivity (Wildman–Crippen MR) is 86.8 cm³/mol. The quantitative estimate of drug-likeness (QED) is 0.793. The van der Waals surface area contributed by atoms with Gasteiger partial charge in [-0.05, 0) is 49.1 Å². The molecule has 0 radical (unpaired) electrons. The minimum absolute atomic E-state index is 0.436. The van der Waals surface area contributed by atoms with Gasteiger partial charge in [-0.1, -0.05) is 27.7 Å². The molecule has 0 aliphatic heterocycles. The summed E-state index contributed by atoms with van der Waals surface area (Å²) in [4.78, 5) is 4.70. The molecule has 2 aromatic heterocycles. The second-order valence-corrected chi connectivity index (χ2v) is 5.70. The average molecular weight is 286 g/mol. The van der Waals surface area contributed by atoms with E-state index in [-0.39, 0.29) is 0 Å². The zero-order chi connectivity index (χ0) is 15.2. The fourth-order valence-corrected chi connectivity index (χ4v) is 2.22. The van der Waals surface area contributed by atoms with E-state index in [1.807, 2.05) is 10.9 Å². The number of pyridine rings is 1. The van der Waals surface area contributed by atoms with Crippen LogP contribution in [0.3, 0.4) is 0 Å². The van der Waals surface area contributed by atoms with E-state index in [0.717, 1.165) is 43.1 Å². The van der Waals surface area contributed by atoms with Gasteiger partial charge in [-0.3, -0.25) is 0 Å². The first-order chi connectivity index (χ1) is 10.1. The molecule has 0 saturated heterocycles. The van der Waals surface area contributed by atoms with Gasteiger partial charge in [0.05, 0.1) is 5.69 Å². The average Bonchev–Trinajstić information content (AvgIpc) is 2.97. The van der Waals surface area contributed by atoms with Gasteiger partial charge in [-0.15, -0.1) is 0 Å². The van der Waals surface area contributed by atoms with Crippen molar-refractivity contribution in [1.29, 1.82) is 0 Å². The smallest absolute Gasteiger partial charge is 0.153 e. The fourth-order valence-electron chi connectivity index (χ4n) is 2.22. The molecule has 0 saturated carbocycles. The second-order valence-electron chi connectivity index (χ2n) is 5.70. The van der Waals surface area contributed by atoms with Gasteiger partial charge in [0, 0.05) is 18.4 Å². The lowest BCUT2D eigenvalue weighted by Gasteiger charge is -2.09. The summed E-state index contributed by atoms with van der Waals surface area (Å²) in [5, 5.41) is 8.07. The molecular weight excluding hydrogens is 260 g/mol. The Morgan fingerprint density at radius 1 is 1.24 bits per heavy atom. The van der Waals surface area contributed by atoms with Crippen molar-refractivity contribution in [3.8, 4) is 5.82 Å². The van der Waals surface area contributed by atoms with Crippen molar-refractivity contribution in [3.63, 3.8) is 0 Å². The highest BCUT2D eigenvalue weighted by atomic mass is 15.3. The highest BCUT2D eigenvalue weighted by molar-refractivity contribution is 5.31. The summed E-state index contributed by atoms with van der Waals surface area (Å²) in [5.74, 6) is 1.35. The Labute approximate surface area is 127 Å². The number of aryl methyl sites for hydroxylation is 1. The van der Waals surface area contributed by atoms with Gasteiger partial charge in [-0.25, -0.2) is 9.67 Å². The summed E-state index contributed by atoms with van der Waals surface area (Å²) in [6, 6.07) is 6.37. The highest BCUT2D eigenvalue weighted by Gasteiger charge is 2.08. The zero-order valence-corrected chi connectivity index (χ0v) is 13.6. The van der Waals surface area contributed by atoms with Gasteiger partial charge in [0.1, 0.15) is 0 Å². The van der Waals surface area contributed by atoms with Crippen molar-refractivity contribution >= 4 is 0 Å². The van der Waals surface area contributed by atoms with Crippen LogP contribution in [0.15, 0.2) is 24.4 Å². The maximum Gasteiger partial charge on any atom is 0.153 e. The minimum atomic E-state index is 0.436. The predicted octanol–water partition coefficient (Wildman–Crippen LogP) is 3.45. The van der Waals surface area contributed by atoms with Crippen molar-refractivity contribution in [2.45, 2.75) is 53.0 Å². The Morgan fingerprint density at radius 2 is 2.05 bits per heavy atom. The molecule has 0 aliphatic carbocycles. The third-order valence-corrected chi connectivity index (χ3v) is 3.48. The van der Waals surface area contributed by atoms with Crippen LogP contribution in [0.25, 0.3) is 5.82 Å². The van der Waals surface area contributed by atoms with Crippen molar-refractivity contribution in [2.24, 2.45) is 0 Å². The summed E-state index contributed by atoms with van der Waals surface area (Å²) in [5.41, 5.74) is 3.48. The summed E-state index contributed by atoms with van der Waals surface area (Å²) in [7, 11) is 0. The van der Waals surface area contributed by atoms with Crippen LogP contribution in [0.4, 0.5) is 0 Å². The van der Waals surface area contributed by atoms with E-state index in [4.69, 9.17) is 4.98 Å². The van der Waals surface area contributed by atoms with Crippen LogP contribution in [-0.2, 0) is 13.0 Å². The van der Waals surface area contributed by atoms with Gasteiger partial charge < -0.3 is 5.32 Å². The van der Waals surface area contributed by atoms with Crippen LogP contribution >= 0.6 is 0 Å². The van der Waals surface area contributed by atoms with E-state index in [9.17, 15) is 0 Å². The molecule has 0 amide bonds. The van der Waals surface area contributed by atoms with Crippen molar-refractivity contribution in [2.75, 3.05) is 6.54 Å². The molecule has 0 spiro atoms. The molecule has 0 bridgehead atoms. The first kappa shape index (κ1) is 15.7. The third kappa shape index (κ3) is 4.14. The van der Waals surface area contributed by atoms with E-state index < -0.39 is 0 Å². The summed E-state index contributed by atoms with van der Waals surface area (Å²) < 4.78 is 1.89. The zero-order valence-electron chi connectivity index (χ0n) is 13.6. The number of aromatic nitrogens is 3. The Hall–Kier alpha value is -1.68. The number of hydrogen-bond acceptors (Lipinski definition) is 3. The van der Waals surface area contributed by atoms with Crippen LogP contribution in [0.5, 0.6) is 0 Å². The molecule has 4 heteroatoms. The lowest BCUT2D eigenvalue weighted by atomic mass is 10.1. The molecule has 0 unspecified atom stereocenters. The fraction of sp³-hybridized carbons (Fsp3) is 0.529. The summed E-state index contributed by atoms with van der Waals surface area (Å²) in [6.07, 6.45) is 4.09. The van der Waals surface area contributed by atoms with Gasteiger partial charge in [-0.2, -0.15) is 5.10 Å². The summed E-state index contributed by atoms with van der Waals surface area (Å²) >= 11 is 0. The molecule has 114 valence electrons. The highest BCUT2D eigenvalue weighted by Crippen LogP contribution is 2.15. The Morgan fingerprint density at radius 3 is 2.67 bits per heavy atom. The van der Waals surface area contributed by atoms with Gasteiger partial charge in [0.15, 0.2) is 5.82 Å². The molecule has 21 heavy (non-hydrogen) atoms. The topological polar surface area (TPSA) is 42.7 Å². The van der Waals surface area contributed by atoms with Crippen LogP contribution < -0.4 is 5.32 Å². The van der Waals surface area contributed by atoms with E-state index >= 15 is 0 Å². The van der Waals surface area contributed by atoms with E-state index in [1.54, 1.807) is 0 Å². The lowest BCUT2D eigenvalue weighted by Crippen LogP contribution is -2.15. The normalized spacial score (nSPS) is 11.3. The maximum atomic E-state index is 4.70. The van der Waals surface area contributed by atoms with E-state index in [0.29, 0.717) is 5.92 Å². The first-order valence-corrected chi connectivity index (χ1v) is 7.90. The molecule has 2 rings (SSSR count). The van der Waals surface area contributed by atoms with Crippen LogP contribution in [0, 0.1) is 0 Å². The largest absolute Gasteiger partial charge is 0.313 e. The number of nitrogens with zero attached hydrogens (tertiary/aromatic N) is 3. The molecule has 0 atom stereocenters. The van der Waals surface area contributed by atoms with Gasteiger partial charge >= 0.3 is 0 Å². The summed E-state index contributed by atoms with van der Waals surface area (Å²) in [6.45, 7) is 10.6. The SMILES string of the molecule is CCCNCc1cc(CC)nc(-n2ccc(C(C)C)n2)c1. The van der Waals surface area contributed by atoms with Crippen LogP contribution in [-0.4, -0.2) is 21.3 Å². The van der Waals surface area contributed by atoms with Crippen molar-refractivity contribution < 1.29 is 0 Å². The molecule has 4 nitrogen and oxygen atoms in total. The number of rotatable bonds is 7. The minimum Gasteiger partial charge on any atom is -0.313 e. The van der Waals surface area contributed by atoms with Crippen molar-refractivity contribution in [3.05, 3.63) is 41.3 Å². The maximum absolute atomic E-state index is 4.70. The molecule has 2 heterocycles. The van der Waals surface area contributed by atoms with E-state index in [2.05, 4.69) is 56.3 Å². The van der Waals surface area contributed by atoms with Crippen molar-refractivity contribution in [1.82, 2.24) is 20.1 Å². The standard InChI is InChI=1S/C17H26N4/c1-5-8-18-12-14-10-15(6-2)19-17(11-14)21-9-7-16(20-21)13(3)4/h7,9-11,13,18H,5-6,8,12H2,1-4H3. The second kappa shape index (κ2) is 7.36. The molecule has 0 fully saturated rings. The van der Waals surface area contributed by atoms with Crippen LogP contribution in [0.2, 0.25) is 0 Å². The lowest BCUT2D eigenvalue weighted by molar-refractivity contribution is 0.672. The molecule has 0 aromatic carbocycles. The Balaban J connectivity index is 2.26. The Kier molecular flexibility index (Phi) is 5.51. The number of hydrogen-bond donors (Lipinski definition) is 1. The van der Waals surface area contributed by atoms with Gasteiger partial charge in [0.2, 0.25) is 0 Å². The molecule has 2 aromatic rings. The molecule has 1 N–H and O–H groups in total. The van der Waals surface area contributed by atoms with Crippen LogP contribution in [0.1, 0.15) is 57.0 Å². The Bertz CT molecular complexity index is 572. The molecule has 0 aliphatic rings. The van der Waals surface area contributed by atoms with E-state index in [1.165, 1.54) is 5.56 Å². The first-order valence-electron chi connectivity index (χ1n) is 7.90. The molecular formula is C17H26N4. The third-order valence-electron chi connectivity index (χ3n) is 3.48.